The summed E-state index contributed by atoms with van der Waals surface area (Å²) in [6.45, 7) is 1.67. The molecule has 0 aliphatic carbocycles. The van der Waals surface area contributed by atoms with Crippen molar-refractivity contribution in [3.8, 4) is 0 Å². The monoisotopic (exact) mass is 227 g/mol. The Morgan fingerprint density at radius 2 is 2.20 bits per heavy atom. The molecule has 1 aromatic rings. The molecule has 0 bridgehead atoms. The Balaban J connectivity index is 2.51. The number of hydrogen-bond acceptors (Lipinski definition) is 6. The van der Waals surface area contributed by atoms with Crippen LogP contribution in [0.4, 0.5) is 4.79 Å². The van der Waals surface area contributed by atoms with E-state index in [-0.39, 0.29) is 6.54 Å². The number of amides is 3. The van der Waals surface area contributed by atoms with Gasteiger partial charge in [0.15, 0.2) is 5.54 Å². The largest absolute Gasteiger partial charge is 0.327 e. The van der Waals surface area contributed by atoms with Gasteiger partial charge in [0.2, 0.25) is 0 Å². The lowest BCUT2D eigenvalue weighted by atomic mass is 9.94. The van der Waals surface area contributed by atoms with Crippen molar-refractivity contribution in [3.63, 3.8) is 0 Å². The lowest BCUT2D eigenvalue weighted by Crippen LogP contribution is -2.50. The summed E-state index contributed by atoms with van der Waals surface area (Å²) >= 11 is 0.983. The average molecular weight is 227 g/mol. The van der Waals surface area contributed by atoms with Crippen molar-refractivity contribution in [1.82, 2.24) is 19.4 Å². The Morgan fingerprint density at radius 1 is 1.47 bits per heavy atom. The Hall–Kier alpha value is -1.54. The molecule has 1 saturated heterocycles. The summed E-state index contributed by atoms with van der Waals surface area (Å²) in [4.78, 5) is 22.7. The molecule has 2 rings (SSSR count). The van der Waals surface area contributed by atoms with Gasteiger partial charge in [0.05, 0.1) is 17.4 Å². The minimum atomic E-state index is -1.26. The lowest BCUT2D eigenvalue weighted by Gasteiger charge is -2.21. The number of nitrogens with one attached hydrogen (secondary N) is 2. The minimum absolute atomic E-state index is 0.0448. The molecule has 0 aromatic carbocycles. The van der Waals surface area contributed by atoms with Crippen molar-refractivity contribution in [2.24, 2.45) is 5.73 Å². The first-order chi connectivity index (χ1) is 7.10. The SMILES string of the molecule is Cc1nsnc1[C@@]1(CN)NC(=O)NC1=O. The molecule has 8 heteroatoms. The second-order valence-electron chi connectivity index (χ2n) is 3.22. The predicted molar refractivity (Wildman–Crippen MR) is 52.1 cm³/mol. The van der Waals surface area contributed by atoms with Gasteiger partial charge in [-0.15, -0.1) is 0 Å². The number of nitrogens with two attached hydrogens (primary N) is 1. The summed E-state index contributed by atoms with van der Waals surface area (Å²) < 4.78 is 7.96. The predicted octanol–water partition coefficient (Wildman–Crippen LogP) is -1.16. The van der Waals surface area contributed by atoms with Crippen molar-refractivity contribution in [1.29, 1.82) is 0 Å². The molecule has 15 heavy (non-hydrogen) atoms. The molecule has 1 aromatic heterocycles. The number of rotatable bonds is 2. The third-order valence-corrected chi connectivity index (χ3v) is 2.92. The number of urea groups is 1. The molecule has 2 heterocycles. The van der Waals surface area contributed by atoms with Gasteiger partial charge in [0.25, 0.3) is 5.91 Å². The van der Waals surface area contributed by atoms with E-state index in [2.05, 4.69) is 19.4 Å². The summed E-state index contributed by atoms with van der Waals surface area (Å²) in [6.07, 6.45) is 0. The zero-order valence-electron chi connectivity index (χ0n) is 7.90. The third kappa shape index (κ3) is 1.29. The summed E-state index contributed by atoms with van der Waals surface area (Å²) in [5.74, 6) is -0.481. The van der Waals surface area contributed by atoms with Gasteiger partial charge in [0.1, 0.15) is 5.69 Å². The van der Waals surface area contributed by atoms with Crippen molar-refractivity contribution in [2.45, 2.75) is 12.5 Å². The van der Waals surface area contributed by atoms with E-state index in [1.807, 2.05) is 0 Å². The molecule has 0 saturated carbocycles. The minimum Gasteiger partial charge on any atom is -0.327 e. The van der Waals surface area contributed by atoms with Crippen LogP contribution in [0.25, 0.3) is 0 Å². The molecule has 7 nitrogen and oxygen atoms in total. The quantitative estimate of drug-likeness (QED) is 0.552. The number of imide groups is 1. The first-order valence-electron chi connectivity index (χ1n) is 4.23. The third-order valence-electron chi connectivity index (χ3n) is 2.30. The van der Waals surface area contributed by atoms with Crippen LogP contribution in [0.1, 0.15) is 11.4 Å². The van der Waals surface area contributed by atoms with E-state index in [1.165, 1.54) is 0 Å². The van der Waals surface area contributed by atoms with Crippen LogP contribution in [0.2, 0.25) is 0 Å². The Labute approximate surface area is 89.4 Å². The first-order valence-corrected chi connectivity index (χ1v) is 4.96. The highest BCUT2D eigenvalue weighted by Gasteiger charge is 2.49. The van der Waals surface area contributed by atoms with Gasteiger partial charge in [-0.05, 0) is 6.92 Å². The van der Waals surface area contributed by atoms with Crippen LogP contribution >= 0.6 is 11.7 Å². The van der Waals surface area contributed by atoms with Gasteiger partial charge < -0.3 is 11.1 Å². The van der Waals surface area contributed by atoms with E-state index < -0.39 is 17.5 Å². The van der Waals surface area contributed by atoms with Gasteiger partial charge in [-0.2, -0.15) is 8.75 Å². The highest BCUT2D eigenvalue weighted by atomic mass is 32.1. The fraction of sp³-hybridized carbons (Fsp3) is 0.429. The molecular weight excluding hydrogens is 218 g/mol. The fourth-order valence-corrected chi connectivity index (χ4v) is 2.14. The van der Waals surface area contributed by atoms with Crippen LogP contribution in [0.15, 0.2) is 0 Å². The van der Waals surface area contributed by atoms with E-state index in [9.17, 15) is 9.59 Å². The smallest absolute Gasteiger partial charge is 0.322 e. The molecule has 0 radical (unpaired) electrons. The summed E-state index contributed by atoms with van der Waals surface area (Å²) in [6, 6.07) is -0.558. The summed E-state index contributed by atoms with van der Waals surface area (Å²) in [5, 5.41) is 4.63. The van der Waals surface area contributed by atoms with E-state index in [0.29, 0.717) is 11.4 Å². The molecule has 1 atom stereocenters. The van der Waals surface area contributed by atoms with E-state index >= 15 is 0 Å². The molecule has 1 aliphatic heterocycles. The number of carbonyl (C=O) groups excluding carboxylic acids is 2. The maximum Gasteiger partial charge on any atom is 0.322 e. The Kier molecular flexibility index (Phi) is 2.16. The fourth-order valence-electron chi connectivity index (χ4n) is 1.52. The van der Waals surface area contributed by atoms with E-state index in [0.717, 1.165) is 11.7 Å². The average Bonchev–Trinajstić information content (AvgIpc) is 2.71. The van der Waals surface area contributed by atoms with Gasteiger partial charge in [-0.25, -0.2) is 4.79 Å². The van der Waals surface area contributed by atoms with Crippen molar-refractivity contribution < 1.29 is 9.59 Å². The van der Waals surface area contributed by atoms with Crippen LogP contribution in [-0.4, -0.2) is 27.2 Å². The molecule has 4 N–H and O–H groups in total. The Morgan fingerprint density at radius 3 is 2.60 bits per heavy atom. The van der Waals surface area contributed by atoms with E-state index in [1.54, 1.807) is 6.92 Å². The van der Waals surface area contributed by atoms with Crippen LogP contribution in [-0.2, 0) is 10.3 Å². The van der Waals surface area contributed by atoms with Crippen molar-refractivity contribution in [2.75, 3.05) is 6.54 Å². The number of hydrogen-bond donors (Lipinski definition) is 3. The number of carbonyl (C=O) groups is 2. The van der Waals surface area contributed by atoms with Crippen LogP contribution < -0.4 is 16.4 Å². The zero-order chi connectivity index (χ0) is 11.1. The maximum absolute atomic E-state index is 11.7. The second-order valence-corrected chi connectivity index (χ2v) is 3.74. The summed E-state index contributed by atoms with van der Waals surface area (Å²) in [7, 11) is 0. The first kappa shape index (κ1) is 9.99. The maximum atomic E-state index is 11.7. The van der Waals surface area contributed by atoms with Gasteiger partial charge >= 0.3 is 6.03 Å². The van der Waals surface area contributed by atoms with Crippen LogP contribution in [0.5, 0.6) is 0 Å². The highest BCUT2D eigenvalue weighted by molar-refractivity contribution is 6.99. The molecule has 80 valence electrons. The molecule has 1 aliphatic rings. The molecular formula is C7H9N5O2S. The Bertz CT molecular complexity index is 431. The number of aryl methyl sites for hydroxylation is 1. The van der Waals surface area contributed by atoms with Gasteiger partial charge in [-0.3, -0.25) is 10.1 Å². The zero-order valence-corrected chi connectivity index (χ0v) is 8.72. The van der Waals surface area contributed by atoms with Gasteiger partial charge in [-0.1, -0.05) is 0 Å². The van der Waals surface area contributed by atoms with Crippen LogP contribution in [0.3, 0.4) is 0 Å². The van der Waals surface area contributed by atoms with E-state index in [4.69, 9.17) is 5.73 Å². The van der Waals surface area contributed by atoms with Crippen LogP contribution in [0, 0.1) is 6.92 Å². The molecule has 3 amide bonds. The number of nitrogens with zero attached hydrogens (tertiary/aromatic N) is 2. The van der Waals surface area contributed by atoms with Crippen molar-refractivity contribution in [3.05, 3.63) is 11.4 Å². The molecule has 0 spiro atoms. The second kappa shape index (κ2) is 3.24. The van der Waals surface area contributed by atoms with Gasteiger partial charge in [0, 0.05) is 6.54 Å². The summed E-state index contributed by atoms with van der Waals surface area (Å²) in [5.41, 5.74) is 5.30. The van der Waals surface area contributed by atoms with Crippen molar-refractivity contribution >= 4 is 23.7 Å². The highest BCUT2D eigenvalue weighted by Crippen LogP contribution is 2.24. The molecule has 0 unspecified atom stereocenters. The molecule has 1 fully saturated rings. The number of aromatic nitrogens is 2. The standard InChI is InChI=1S/C7H9N5O2S/c1-3-4(12-15-11-3)7(2-8)5(13)9-6(14)10-7/h2,8H2,1H3,(H2,9,10,13,14)/t7-/m1/s1. The topological polar surface area (TPSA) is 110 Å². The normalized spacial score (nSPS) is 25.2. The lowest BCUT2D eigenvalue weighted by molar-refractivity contribution is -0.124.